The molecule has 0 atom stereocenters. The fourth-order valence-electron chi connectivity index (χ4n) is 3.54. The van der Waals surface area contributed by atoms with Crippen molar-refractivity contribution in [1.82, 2.24) is 8.97 Å². The number of benzene rings is 2. The molecule has 0 radical (unpaired) electrons. The minimum atomic E-state index is 1.24. The molecule has 0 aliphatic carbocycles. The molecule has 0 aliphatic heterocycles. The van der Waals surface area contributed by atoms with E-state index in [-0.39, 0.29) is 0 Å². The number of rotatable bonds is 1. The summed E-state index contributed by atoms with van der Waals surface area (Å²) in [5.74, 6) is 0. The van der Waals surface area contributed by atoms with Gasteiger partial charge in [0.15, 0.2) is 0 Å². The summed E-state index contributed by atoms with van der Waals surface area (Å²) < 4.78 is 4.77. The molecular weight excluding hydrogens is 268 g/mol. The van der Waals surface area contributed by atoms with Gasteiger partial charge in [-0.05, 0) is 62.6 Å². The third-order valence-corrected chi connectivity index (χ3v) is 4.74. The Bertz CT molecular complexity index is 995. The van der Waals surface area contributed by atoms with E-state index in [1.165, 1.54) is 44.8 Å². The summed E-state index contributed by atoms with van der Waals surface area (Å²) in [5, 5.41) is 0. The summed E-state index contributed by atoms with van der Waals surface area (Å²) in [7, 11) is 0. The van der Waals surface area contributed by atoms with E-state index >= 15 is 0 Å². The van der Waals surface area contributed by atoms with Gasteiger partial charge in [-0.1, -0.05) is 30.3 Å². The third kappa shape index (κ3) is 1.61. The highest BCUT2D eigenvalue weighted by atomic mass is 15.1. The molecule has 4 rings (SSSR count). The molecule has 2 heteroatoms. The van der Waals surface area contributed by atoms with E-state index in [0.29, 0.717) is 0 Å². The van der Waals surface area contributed by atoms with Gasteiger partial charge in [-0.25, -0.2) is 0 Å². The van der Waals surface area contributed by atoms with Gasteiger partial charge >= 0.3 is 0 Å². The van der Waals surface area contributed by atoms with E-state index < -0.39 is 0 Å². The molecule has 0 saturated carbocycles. The van der Waals surface area contributed by atoms with Crippen LogP contribution < -0.4 is 0 Å². The molecule has 4 aromatic rings. The standard InChI is InChI=1S/C20H20N2/c1-13-8-7-9-14(2)20(13)22-18-11-6-5-10-17(18)21-16(4)15(3)12-19(21)22/h5-12H,1-4H3. The van der Waals surface area contributed by atoms with Crippen LogP contribution in [0.1, 0.15) is 22.4 Å². The van der Waals surface area contributed by atoms with Gasteiger partial charge in [0, 0.05) is 5.69 Å². The fourth-order valence-corrected chi connectivity index (χ4v) is 3.54. The second kappa shape index (κ2) is 4.51. The Morgan fingerprint density at radius 1 is 0.682 bits per heavy atom. The van der Waals surface area contributed by atoms with Crippen molar-refractivity contribution < 1.29 is 0 Å². The minimum Gasteiger partial charge on any atom is -0.298 e. The molecule has 0 saturated heterocycles. The molecule has 0 N–H and O–H groups in total. The highest BCUT2D eigenvalue weighted by molar-refractivity contribution is 5.86. The zero-order valence-corrected chi connectivity index (χ0v) is 13.5. The normalized spacial score (nSPS) is 11.6. The molecule has 0 aliphatic rings. The van der Waals surface area contributed by atoms with Gasteiger partial charge in [0.25, 0.3) is 0 Å². The van der Waals surface area contributed by atoms with Crippen LogP contribution in [0.25, 0.3) is 22.4 Å². The van der Waals surface area contributed by atoms with Gasteiger partial charge in [-0.3, -0.25) is 8.97 Å². The van der Waals surface area contributed by atoms with Gasteiger partial charge in [0.1, 0.15) is 5.65 Å². The van der Waals surface area contributed by atoms with Crippen LogP contribution in [0.15, 0.2) is 48.5 Å². The second-order valence-electron chi connectivity index (χ2n) is 6.17. The van der Waals surface area contributed by atoms with Crippen LogP contribution in [0.5, 0.6) is 0 Å². The maximum Gasteiger partial charge on any atom is 0.122 e. The summed E-state index contributed by atoms with van der Waals surface area (Å²) >= 11 is 0. The number of nitrogens with zero attached hydrogens (tertiary/aromatic N) is 2. The predicted octanol–water partition coefficient (Wildman–Crippen LogP) is 5.12. The van der Waals surface area contributed by atoms with Crippen molar-refractivity contribution in [3.05, 3.63) is 70.9 Å². The largest absolute Gasteiger partial charge is 0.298 e. The van der Waals surface area contributed by atoms with E-state index in [1.807, 2.05) is 0 Å². The molecule has 22 heavy (non-hydrogen) atoms. The van der Waals surface area contributed by atoms with Gasteiger partial charge in [-0.15, -0.1) is 0 Å². The number of aromatic nitrogens is 2. The average Bonchev–Trinajstić information content (AvgIpc) is 2.95. The summed E-state index contributed by atoms with van der Waals surface area (Å²) in [6, 6.07) is 17.5. The van der Waals surface area contributed by atoms with Gasteiger partial charge in [0.05, 0.1) is 16.7 Å². The molecule has 0 fully saturated rings. The van der Waals surface area contributed by atoms with E-state index in [2.05, 4.69) is 85.2 Å². The van der Waals surface area contributed by atoms with Crippen LogP contribution in [-0.2, 0) is 0 Å². The number of imidazole rings is 1. The van der Waals surface area contributed by atoms with E-state index in [1.54, 1.807) is 0 Å². The highest BCUT2D eigenvalue weighted by Gasteiger charge is 2.17. The zero-order valence-electron chi connectivity index (χ0n) is 13.5. The maximum absolute atomic E-state index is 2.40. The van der Waals surface area contributed by atoms with E-state index in [0.717, 1.165) is 0 Å². The molecular formula is C20H20N2. The lowest BCUT2D eigenvalue weighted by Crippen LogP contribution is -1.99. The Hall–Kier alpha value is -2.48. The molecule has 110 valence electrons. The predicted molar refractivity (Wildman–Crippen MR) is 93.2 cm³/mol. The number of fused-ring (bicyclic) bond motifs is 3. The van der Waals surface area contributed by atoms with E-state index in [9.17, 15) is 0 Å². The number of aryl methyl sites for hydroxylation is 4. The number of hydrogen-bond acceptors (Lipinski definition) is 0. The lowest BCUT2D eigenvalue weighted by atomic mass is 10.1. The molecule has 0 amide bonds. The monoisotopic (exact) mass is 288 g/mol. The first-order chi connectivity index (χ1) is 10.6. The Labute approximate surface area is 130 Å². The Kier molecular flexibility index (Phi) is 2.70. The number of para-hydroxylation sites is 3. The van der Waals surface area contributed by atoms with Gasteiger partial charge < -0.3 is 0 Å². The summed E-state index contributed by atoms with van der Waals surface area (Å²) in [4.78, 5) is 0. The van der Waals surface area contributed by atoms with Crippen molar-refractivity contribution in [2.45, 2.75) is 27.7 Å². The maximum atomic E-state index is 2.40. The van der Waals surface area contributed by atoms with Crippen LogP contribution in [0.2, 0.25) is 0 Å². The zero-order chi connectivity index (χ0) is 15.4. The Balaban J connectivity index is 2.28. The van der Waals surface area contributed by atoms with Gasteiger partial charge in [-0.2, -0.15) is 0 Å². The first-order valence-corrected chi connectivity index (χ1v) is 7.74. The Morgan fingerprint density at radius 2 is 1.32 bits per heavy atom. The van der Waals surface area contributed by atoms with Crippen molar-refractivity contribution in [3.63, 3.8) is 0 Å². The van der Waals surface area contributed by atoms with Crippen LogP contribution in [0.3, 0.4) is 0 Å². The molecule has 0 unspecified atom stereocenters. The molecule has 2 heterocycles. The Morgan fingerprint density at radius 3 is 2.00 bits per heavy atom. The first kappa shape index (κ1) is 13.2. The highest BCUT2D eigenvalue weighted by Crippen LogP contribution is 2.31. The van der Waals surface area contributed by atoms with Crippen molar-refractivity contribution >= 4 is 16.7 Å². The summed E-state index contributed by atoms with van der Waals surface area (Å²) in [6.45, 7) is 8.77. The summed E-state index contributed by atoms with van der Waals surface area (Å²) in [6.07, 6.45) is 0. The molecule has 0 bridgehead atoms. The molecule has 2 aromatic carbocycles. The van der Waals surface area contributed by atoms with Crippen molar-refractivity contribution in [3.8, 4) is 5.69 Å². The third-order valence-electron chi connectivity index (χ3n) is 4.74. The molecule has 2 aromatic heterocycles. The second-order valence-corrected chi connectivity index (χ2v) is 6.17. The lowest BCUT2D eigenvalue weighted by Gasteiger charge is -2.12. The smallest absolute Gasteiger partial charge is 0.122 e. The van der Waals surface area contributed by atoms with Crippen molar-refractivity contribution in [2.24, 2.45) is 0 Å². The quantitative estimate of drug-likeness (QED) is 0.460. The average molecular weight is 288 g/mol. The first-order valence-electron chi connectivity index (χ1n) is 7.74. The molecule has 0 spiro atoms. The van der Waals surface area contributed by atoms with E-state index in [4.69, 9.17) is 0 Å². The summed E-state index contributed by atoms with van der Waals surface area (Å²) in [5.41, 5.74) is 10.3. The fraction of sp³-hybridized carbons (Fsp3) is 0.200. The van der Waals surface area contributed by atoms with Crippen molar-refractivity contribution in [1.29, 1.82) is 0 Å². The number of hydrogen-bond donors (Lipinski definition) is 0. The topological polar surface area (TPSA) is 9.34 Å². The van der Waals surface area contributed by atoms with Crippen LogP contribution in [0, 0.1) is 27.7 Å². The van der Waals surface area contributed by atoms with Crippen LogP contribution in [0.4, 0.5) is 0 Å². The lowest BCUT2D eigenvalue weighted by molar-refractivity contribution is 1.08. The SMILES string of the molecule is Cc1cccc(C)c1-n1c2ccccc2n2c(C)c(C)cc12. The van der Waals surface area contributed by atoms with Crippen LogP contribution >= 0.6 is 0 Å². The minimum absolute atomic E-state index is 1.24. The van der Waals surface area contributed by atoms with Gasteiger partial charge in [0.2, 0.25) is 0 Å². The van der Waals surface area contributed by atoms with Crippen molar-refractivity contribution in [2.75, 3.05) is 0 Å². The molecule has 2 nitrogen and oxygen atoms in total. The van der Waals surface area contributed by atoms with Crippen LogP contribution in [-0.4, -0.2) is 8.97 Å².